The summed E-state index contributed by atoms with van der Waals surface area (Å²) in [4.78, 5) is 15.1. The molecule has 0 saturated heterocycles. The summed E-state index contributed by atoms with van der Waals surface area (Å²) in [6.07, 6.45) is 1.64. The van der Waals surface area contributed by atoms with Gasteiger partial charge >= 0.3 is 5.97 Å². The first-order valence-electron chi connectivity index (χ1n) is 5.90. The lowest BCUT2D eigenvalue weighted by Gasteiger charge is -2.04. The monoisotopic (exact) mass is 263 g/mol. The summed E-state index contributed by atoms with van der Waals surface area (Å²) < 4.78 is 1.85. The molecule has 0 unspecified atom stereocenters. The molecule has 0 radical (unpaired) electrons. The molecule has 3 aromatic rings. The minimum Gasteiger partial charge on any atom is -0.478 e. The van der Waals surface area contributed by atoms with E-state index in [-0.39, 0.29) is 5.56 Å². The van der Waals surface area contributed by atoms with Gasteiger partial charge < -0.3 is 5.11 Å². The average molecular weight is 263 g/mol. The molecule has 1 N–H and O–H groups in total. The maximum absolute atomic E-state index is 10.9. The number of imidazole rings is 1. The van der Waals surface area contributed by atoms with Gasteiger partial charge in [-0.3, -0.25) is 4.57 Å². The molecule has 1 aromatic heterocycles. The van der Waals surface area contributed by atoms with Crippen LogP contribution in [0.15, 0.2) is 48.8 Å². The van der Waals surface area contributed by atoms with Crippen LogP contribution in [0.3, 0.4) is 0 Å². The zero-order valence-electron chi connectivity index (χ0n) is 10.3. The molecule has 1 heterocycles. The third-order valence-electron chi connectivity index (χ3n) is 3.07. The lowest BCUT2D eigenvalue weighted by molar-refractivity contribution is 0.0697. The molecule has 0 atom stereocenters. The first kappa shape index (κ1) is 11.9. The molecule has 0 aliphatic rings. The van der Waals surface area contributed by atoms with E-state index >= 15 is 0 Å². The highest BCUT2D eigenvalue weighted by Crippen LogP contribution is 2.19. The molecule has 0 spiro atoms. The second-order valence-electron chi connectivity index (χ2n) is 4.28. The zero-order valence-corrected chi connectivity index (χ0v) is 10.3. The van der Waals surface area contributed by atoms with E-state index in [0.29, 0.717) is 11.1 Å². The van der Waals surface area contributed by atoms with E-state index < -0.39 is 5.97 Å². The highest BCUT2D eigenvalue weighted by molar-refractivity contribution is 5.92. The molecule has 0 amide bonds. The van der Waals surface area contributed by atoms with E-state index in [1.807, 2.05) is 16.7 Å². The molecule has 5 nitrogen and oxygen atoms in total. The lowest BCUT2D eigenvalue weighted by atomic mass is 10.2. The second-order valence-corrected chi connectivity index (χ2v) is 4.28. The van der Waals surface area contributed by atoms with Crippen molar-refractivity contribution in [3.8, 4) is 11.8 Å². The molecule has 0 saturated carbocycles. The Labute approximate surface area is 114 Å². The van der Waals surface area contributed by atoms with Gasteiger partial charge in [-0.05, 0) is 42.5 Å². The Balaban J connectivity index is 2.12. The lowest BCUT2D eigenvalue weighted by Crippen LogP contribution is -1.96. The largest absolute Gasteiger partial charge is 0.478 e. The van der Waals surface area contributed by atoms with Crippen molar-refractivity contribution in [2.45, 2.75) is 0 Å². The third-order valence-corrected chi connectivity index (χ3v) is 3.07. The van der Waals surface area contributed by atoms with Gasteiger partial charge in [-0.15, -0.1) is 0 Å². The fourth-order valence-corrected chi connectivity index (χ4v) is 2.05. The topological polar surface area (TPSA) is 78.9 Å². The van der Waals surface area contributed by atoms with Crippen molar-refractivity contribution in [1.29, 1.82) is 5.26 Å². The molecule has 0 aliphatic carbocycles. The smallest absolute Gasteiger partial charge is 0.335 e. The van der Waals surface area contributed by atoms with Crippen molar-refractivity contribution in [3.63, 3.8) is 0 Å². The first-order chi connectivity index (χ1) is 9.69. The number of nitriles is 1. The number of rotatable bonds is 2. The number of benzene rings is 2. The van der Waals surface area contributed by atoms with Crippen LogP contribution in [0, 0.1) is 11.3 Å². The molecular formula is C15H9N3O2. The molecule has 5 heteroatoms. The quantitative estimate of drug-likeness (QED) is 0.770. The normalized spacial score (nSPS) is 10.3. The van der Waals surface area contributed by atoms with Crippen molar-refractivity contribution in [1.82, 2.24) is 9.55 Å². The fraction of sp³-hybridized carbons (Fsp3) is 0. The Bertz CT molecular complexity index is 842. The van der Waals surface area contributed by atoms with E-state index in [2.05, 4.69) is 11.1 Å². The van der Waals surface area contributed by atoms with Gasteiger partial charge in [-0.2, -0.15) is 5.26 Å². The third kappa shape index (κ3) is 1.89. The number of carboxylic acids is 1. The zero-order chi connectivity index (χ0) is 14.1. The SMILES string of the molecule is N#Cc1ccc(-n2cnc3cc(C(=O)O)ccc32)cc1. The highest BCUT2D eigenvalue weighted by atomic mass is 16.4. The fourth-order valence-electron chi connectivity index (χ4n) is 2.05. The van der Waals surface area contributed by atoms with Crippen LogP contribution in [0.4, 0.5) is 0 Å². The van der Waals surface area contributed by atoms with Gasteiger partial charge in [0.25, 0.3) is 0 Å². The van der Waals surface area contributed by atoms with Crippen molar-refractivity contribution >= 4 is 17.0 Å². The van der Waals surface area contributed by atoms with Crippen LogP contribution < -0.4 is 0 Å². The predicted octanol–water partition coefficient (Wildman–Crippen LogP) is 2.60. The van der Waals surface area contributed by atoms with Crippen LogP contribution in [0.25, 0.3) is 16.7 Å². The maximum Gasteiger partial charge on any atom is 0.335 e. The molecule has 0 fully saturated rings. The van der Waals surface area contributed by atoms with Crippen LogP contribution in [-0.4, -0.2) is 20.6 Å². The van der Waals surface area contributed by atoms with Gasteiger partial charge in [-0.1, -0.05) is 0 Å². The summed E-state index contributed by atoms with van der Waals surface area (Å²) in [7, 11) is 0. The van der Waals surface area contributed by atoms with Crippen LogP contribution in [-0.2, 0) is 0 Å². The Kier molecular flexibility index (Phi) is 2.70. The molecule has 20 heavy (non-hydrogen) atoms. The van der Waals surface area contributed by atoms with Gasteiger partial charge in [0.15, 0.2) is 0 Å². The minimum absolute atomic E-state index is 0.211. The Morgan fingerprint density at radius 2 is 1.95 bits per heavy atom. The average Bonchev–Trinajstić information content (AvgIpc) is 2.90. The molecule has 3 rings (SSSR count). The van der Waals surface area contributed by atoms with E-state index in [4.69, 9.17) is 10.4 Å². The standard InChI is InChI=1S/C15H9N3O2/c16-8-10-1-4-12(5-2-10)18-9-17-13-7-11(15(19)20)3-6-14(13)18/h1-7,9H,(H,19,20). The molecule has 0 bridgehead atoms. The minimum atomic E-state index is -0.972. The van der Waals surface area contributed by atoms with E-state index in [9.17, 15) is 4.79 Å². The van der Waals surface area contributed by atoms with Crippen LogP contribution in [0.2, 0.25) is 0 Å². The summed E-state index contributed by atoms with van der Waals surface area (Å²) in [5, 5.41) is 17.7. The number of aromatic nitrogens is 2. The van der Waals surface area contributed by atoms with Crippen LogP contribution in [0.1, 0.15) is 15.9 Å². The molecular weight excluding hydrogens is 254 g/mol. The van der Waals surface area contributed by atoms with Gasteiger partial charge in [0.2, 0.25) is 0 Å². The number of hydrogen-bond donors (Lipinski definition) is 1. The van der Waals surface area contributed by atoms with Crippen molar-refractivity contribution in [2.75, 3.05) is 0 Å². The second kappa shape index (κ2) is 4.52. The Hall–Kier alpha value is -3.13. The van der Waals surface area contributed by atoms with Gasteiger partial charge in [-0.25, -0.2) is 9.78 Å². The Morgan fingerprint density at radius 1 is 1.20 bits per heavy atom. The van der Waals surface area contributed by atoms with Crippen molar-refractivity contribution in [3.05, 3.63) is 59.9 Å². The van der Waals surface area contributed by atoms with Crippen molar-refractivity contribution < 1.29 is 9.90 Å². The summed E-state index contributed by atoms with van der Waals surface area (Å²) in [5.74, 6) is -0.972. The maximum atomic E-state index is 10.9. The summed E-state index contributed by atoms with van der Waals surface area (Å²) in [6, 6.07) is 14.0. The summed E-state index contributed by atoms with van der Waals surface area (Å²) in [5.41, 5.74) is 3.11. The van der Waals surface area contributed by atoms with Gasteiger partial charge in [0.1, 0.15) is 6.33 Å². The van der Waals surface area contributed by atoms with Gasteiger partial charge in [0.05, 0.1) is 28.2 Å². The summed E-state index contributed by atoms with van der Waals surface area (Å²) >= 11 is 0. The number of nitrogens with zero attached hydrogens (tertiary/aromatic N) is 3. The van der Waals surface area contributed by atoms with Crippen molar-refractivity contribution in [2.24, 2.45) is 0 Å². The number of hydrogen-bond acceptors (Lipinski definition) is 3. The van der Waals surface area contributed by atoms with E-state index in [1.165, 1.54) is 6.07 Å². The van der Waals surface area contributed by atoms with Crippen LogP contribution in [0.5, 0.6) is 0 Å². The molecule has 2 aromatic carbocycles. The number of carboxylic acid groups (broad SMARTS) is 1. The first-order valence-corrected chi connectivity index (χ1v) is 5.90. The van der Waals surface area contributed by atoms with Crippen LogP contribution >= 0.6 is 0 Å². The van der Waals surface area contributed by atoms with E-state index in [1.54, 1.807) is 30.6 Å². The number of fused-ring (bicyclic) bond motifs is 1. The summed E-state index contributed by atoms with van der Waals surface area (Å²) in [6.45, 7) is 0. The number of carbonyl (C=O) groups is 1. The predicted molar refractivity (Wildman–Crippen MR) is 72.7 cm³/mol. The highest BCUT2D eigenvalue weighted by Gasteiger charge is 2.08. The molecule has 0 aliphatic heterocycles. The molecule has 96 valence electrons. The number of aromatic carboxylic acids is 1. The Morgan fingerprint density at radius 3 is 2.60 bits per heavy atom. The van der Waals surface area contributed by atoms with Gasteiger partial charge in [0, 0.05) is 5.69 Å². The van der Waals surface area contributed by atoms with E-state index in [0.717, 1.165) is 11.2 Å².